The van der Waals surface area contributed by atoms with Crippen LogP contribution in [-0.2, 0) is 6.54 Å². The fourth-order valence-electron chi connectivity index (χ4n) is 2.22. The van der Waals surface area contributed by atoms with Crippen molar-refractivity contribution in [3.8, 4) is 5.75 Å². The molecule has 3 nitrogen and oxygen atoms in total. The number of para-hydroxylation sites is 2. The lowest BCUT2D eigenvalue weighted by molar-refractivity contribution is 0.414. The Morgan fingerprint density at radius 1 is 1.16 bits per heavy atom. The predicted octanol–water partition coefficient (Wildman–Crippen LogP) is 3.76. The first kappa shape index (κ1) is 12.0. The molecule has 3 rings (SSSR count). The Balaban J connectivity index is 2.05. The van der Waals surface area contributed by atoms with Crippen molar-refractivity contribution in [2.45, 2.75) is 6.54 Å². The van der Waals surface area contributed by atoms with Gasteiger partial charge in [-0.15, -0.1) is 0 Å². The summed E-state index contributed by atoms with van der Waals surface area (Å²) in [5, 5.41) is 0. The van der Waals surface area contributed by atoms with Gasteiger partial charge in [0.2, 0.25) is 0 Å². The largest absolute Gasteiger partial charge is 0.497 e. The molecular formula is C15H14N2OS. The third-order valence-corrected chi connectivity index (χ3v) is 3.48. The molecule has 0 radical (unpaired) electrons. The number of imidazole rings is 1. The van der Waals surface area contributed by atoms with Crippen molar-refractivity contribution in [2.24, 2.45) is 0 Å². The lowest BCUT2D eigenvalue weighted by Gasteiger charge is -2.06. The van der Waals surface area contributed by atoms with E-state index in [2.05, 4.69) is 21.7 Å². The molecule has 19 heavy (non-hydrogen) atoms. The minimum atomic E-state index is 0.736. The van der Waals surface area contributed by atoms with E-state index in [1.165, 1.54) is 5.56 Å². The molecule has 3 aromatic rings. The van der Waals surface area contributed by atoms with Gasteiger partial charge in [-0.3, -0.25) is 0 Å². The zero-order valence-electron chi connectivity index (χ0n) is 10.6. The first-order valence-corrected chi connectivity index (χ1v) is 6.49. The van der Waals surface area contributed by atoms with E-state index in [4.69, 9.17) is 17.0 Å². The second kappa shape index (κ2) is 4.90. The Kier molecular flexibility index (Phi) is 3.09. The minimum absolute atomic E-state index is 0.736. The molecule has 1 aromatic heterocycles. The highest BCUT2D eigenvalue weighted by atomic mass is 32.1. The van der Waals surface area contributed by atoms with Gasteiger partial charge in [0.15, 0.2) is 4.77 Å². The summed E-state index contributed by atoms with van der Waals surface area (Å²) in [6.45, 7) is 0.736. The molecule has 0 saturated carbocycles. The summed E-state index contributed by atoms with van der Waals surface area (Å²) < 4.78 is 8.09. The molecule has 0 fully saturated rings. The van der Waals surface area contributed by atoms with E-state index in [0.717, 1.165) is 28.1 Å². The fourth-order valence-corrected chi connectivity index (χ4v) is 2.49. The van der Waals surface area contributed by atoms with E-state index in [-0.39, 0.29) is 0 Å². The summed E-state index contributed by atoms with van der Waals surface area (Å²) >= 11 is 5.39. The normalized spacial score (nSPS) is 10.8. The van der Waals surface area contributed by atoms with Gasteiger partial charge in [-0.25, -0.2) is 0 Å². The molecule has 0 amide bonds. The van der Waals surface area contributed by atoms with Crippen molar-refractivity contribution in [1.82, 2.24) is 9.55 Å². The predicted molar refractivity (Wildman–Crippen MR) is 79.2 cm³/mol. The number of methoxy groups -OCH3 is 1. The van der Waals surface area contributed by atoms with Crippen LogP contribution in [0.15, 0.2) is 48.5 Å². The van der Waals surface area contributed by atoms with Crippen LogP contribution in [0.1, 0.15) is 5.56 Å². The quantitative estimate of drug-likeness (QED) is 0.734. The van der Waals surface area contributed by atoms with E-state index in [1.54, 1.807) is 7.11 Å². The van der Waals surface area contributed by atoms with Crippen LogP contribution in [0.5, 0.6) is 5.75 Å². The zero-order chi connectivity index (χ0) is 13.2. The summed E-state index contributed by atoms with van der Waals surface area (Å²) in [7, 11) is 1.68. The summed E-state index contributed by atoms with van der Waals surface area (Å²) in [5.74, 6) is 0.865. The topological polar surface area (TPSA) is 29.9 Å². The summed E-state index contributed by atoms with van der Waals surface area (Å²) in [6, 6.07) is 16.2. The first-order chi connectivity index (χ1) is 9.28. The molecule has 0 atom stereocenters. The number of rotatable bonds is 3. The van der Waals surface area contributed by atoms with Crippen molar-refractivity contribution in [1.29, 1.82) is 0 Å². The smallest absolute Gasteiger partial charge is 0.178 e. The molecule has 1 N–H and O–H groups in total. The Morgan fingerprint density at radius 2 is 2.00 bits per heavy atom. The monoisotopic (exact) mass is 270 g/mol. The number of benzene rings is 2. The fraction of sp³-hybridized carbons (Fsp3) is 0.133. The SMILES string of the molecule is COc1cccc(Cn2c(=S)[nH]c3ccccc32)c1. The average Bonchev–Trinajstić information content (AvgIpc) is 2.76. The Bertz CT molecular complexity index is 773. The van der Waals surface area contributed by atoms with Gasteiger partial charge in [0, 0.05) is 0 Å². The Labute approximate surface area is 116 Å². The number of aromatic amines is 1. The van der Waals surface area contributed by atoms with Gasteiger partial charge in [0.1, 0.15) is 5.75 Å². The molecule has 2 aromatic carbocycles. The van der Waals surface area contributed by atoms with Crippen LogP contribution in [0.3, 0.4) is 0 Å². The van der Waals surface area contributed by atoms with Crippen LogP contribution in [0.4, 0.5) is 0 Å². The lowest BCUT2D eigenvalue weighted by Crippen LogP contribution is -1.99. The molecule has 96 valence electrons. The van der Waals surface area contributed by atoms with Crippen molar-refractivity contribution in [3.05, 3.63) is 58.9 Å². The van der Waals surface area contributed by atoms with Gasteiger partial charge in [0.25, 0.3) is 0 Å². The van der Waals surface area contributed by atoms with Crippen molar-refractivity contribution in [2.75, 3.05) is 7.11 Å². The van der Waals surface area contributed by atoms with E-state index in [0.29, 0.717) is 0 Å². The van der Waals surface area contributed by atoms with Crippen LogP contribution in [0.2, 0.25) is 0 Å². The highest BCUT2D eigenvalue weighted by Crippen LogP contribution is 2.18. The van der Waals surface area contributed by atoms with Crippen molar-refractivity contribution in [3.63, 3.8) is 0 Å². The summed E-state index contributed by atoms with van der Waals surface area (Å²) in [6.07, 6.45) is 0. The average molecular weight is 270 g/mol. The second-order valence-corrected chi connectivity index (χ2v) is 4.77. The maximum atomic E-state index is 5.39. The van der Waals surface area contributed by atoms with Gasteiger partial charge >= 0.3 is 0 Å². The van der Waals surface area contributed by atoms with Gasteiger partial charge in [-0.2, -0.15) is 0 Å². The second-order valence-electron chi connectivity index (χ2n) is 4.38. The molecule has 0 aliphatic heterocycles. The van der Waals surface area contributed by atoms with Crippen LogP contribution in [0.25, 0.3) is 11.0 Å². The molecule has 0 bridgehead atoms. The van der Waals surface area contributed by atoms with E-state index in [1.807, 2.05) is 36.4 Å². The van der Waals surface area contributed by atoms with Crippen LogP contribution in [-0.4, -0.2) is 16.7 Å². The first-order valence-electron chi connectivity index (χ1n) is 6.08. The highest BCUT2D eigenvalue weighted by Gasteiger charge is 2.04. The van der Waals surface area contributed by atoms with Crippen molar-refractivity contribution < 1.29 is 4.74 Å². The van der Waals surface area contributed by atoms with Gasteiger partial charge in [-0.1, -0.05) is 24.3 Å². The number of fused-ring (bicyclic) bond motifs is 1. The van der Waals surface area contributed by atoms with Crippen molar-refractivity contribution >= 4 is 23.3 Å². The highest BCUT2D eigenvalue weighted by molar-refractivity contribution is 7.71. The third-order valence-electron chi connectivity index (χ3n) is 3.16. The van der Waals surface area contributed by atoms with E-state index >= 15 is 0 Å². The Hall–Kier alpha value is -2.07. The molecule has 0 saturated heterocycles. The number of H-pyrrole nitrogens is 1. The standard InChI is InChI=1S/C15H14N2OS/c1-18-12-6-4-5-11(9-12)10-17-14-8-3-2-7-13(14)16-15(17)19/h2-9H,10H2,1H3,(H,16,19). The molecule has 0 unspecified atom stereocenters. The van der Waals surface area contributed by atoms with Gasteiger partial charge in [-0.05, 0) is 42.0 Å². The van der Waals surface area contributed by atoms with Crippen LogP contribution < -0.4 is 4.74 Å². The van der Waals surface area contributed by atoms with Crippen LogP contribution in [0, 0.1) is 4.77 Å². The van der Waals surface area contributed by atoms with Gasteiger partial charge in [0.05, 0.1) is 24.7 Å². The maximum Gasteiger partial charge on any atom is 0.178 e. The van der Waals surface area contributed by atoms with Crippen LogP contribution >= 0.6 is 12.2 Å². The molecule has 1 heterocycles. The number of hydrogen-bond acceptors (Lipinski definition) is 2. The number of hydrogen-bond donors (Lipinski definition) is 1. The molecule has 0 aliphatic rings. The van der Waals surface area contributed by atoms with E-state index in [9.17, 15) is 0 Å². The number of nitrogens with zero attached hydrogens (tertiary/aromatic N) is 1. The Morgan fingerprint density at radius 3 is 2.84 bits per heavy atom. The molecule has 4 heteroatoms. The molecule has 0 spiro atoms. The molecule has 0 aliphatic carbocycles. The number of ether oxygens (including phenoxy) is 1. The summed E-state index contributed by atoms with van der Waals surface area (Å²) in [5.41, 5.74) is 3.35. The van der Waals surface area contributed by atoms with Gasteiger partial charge < -0.3 is 14.3 Å². The number of nitrogens with one attached hydrogen (secondary N) is 1. The lowest BCUT2D eigenvalue weighted by atomic mass is 10.2. The summed E-state index contributed by atoms with van der Waals surface area (Å²) in [4.78, 5) is 3.22. The zero-order valence-corrected chi connectivity index (χ0v) is 11.4. The molecular weight excluding hydrogens is 256 g/mol. The third kappa shape index (κ3) is 2.27. The van der Waals surface area contributed by atoms with E-state index < -0.39 is 0 Å². The minimum Gasteiger partial charge on any atom is -0.497 e. The maximum absolute atomic E-state index is 5.39. The number of aromatic nitrogens is 2.